The van der Waals surface area contributed by atoms with E-state index in [-0.39, 0.29) is 0 Å². The molecule has 104 valence electrons. The van der Waals surface area contributed by atoms with E-state index in [0.717, 1.165) is 17.8 Å². The molecule has 0 spiro atoms. The van der Waals surface area contributed by atoms with E-state index in [2.05, 4.69) is 41.2 Å². The molecule has 0 saturated carbocycles. The number of hydrogen-bond donors (Lipinski definition) is 1. The molecular weight excluding hydrogens is 262 g/mol. The quantitative estimate of drug-likeness (QED) is 0.854. The summed E-state index contributed by atoms with van der Waals surface area (Å²) in [6.07, 6.45) is 3.78. The Labute approximate surface area is 118 Å². The van der Waals surface area contributed by atoms with Crippen molar-refractivity contribution in [3.05, 3.63) is 17.0 Å². The number of nitrogens with one attached hydrogen (secondary N) is 1. The second kappa shape index (κ2) is 5.74. The number of aromatic nitrogens is 4. The van der Waals surface area contributed by atoms with Crippen LogP contribution in [0.25, 0.3) is 5.78 Å². The highest BCUT2D eigenvalue weighted by molar-refractivity contribution is 6.30. The lowest BCUT2D eigenvalue weighted by Crippen LogP contribution is -2.19. The van der Waals surface area contributed by atoms with Gasteiger partial charge >= 0.3 is 0 Å². The molecule has 0 fully saturated rings. The topological polar surface area (TPSA) is 55.1 Å². The van der Waals surface area contributed by atoms with Gasteiger partial charge in [-0.15, -0.1) is 0 Å². The van der Waals surface area contributed by atoms with Gasteiger partial charge in [0.25, 0.3) is 5.78 Å². The zero-order valence-electron chi connectivity index (χ0n) is 11.8. The Morgan fingerprint density at radius 2 is 2.05 bits per heavy atom. The molecule has 0 saturated heterocycles. The van der Waals surface area contributed by atoms with Gasteiger partial charge in [0.2, 0.25) is 0 Å². The number of fused-ring (bicyclic) bond motifs is 1. The lowest BCUT2D eigenvalue weighted by molar-refractivity contribution is 0.526. The van der Waals surface area contributed by atoms with Crippen LogP contribution in [0.2, 0.25) is 5.15 Å². The van der Waals surface area contributed by atoms with Crippen molar-refractivity contribution >= 4 is 23.2 Å². The van der Waals surface area contributed by atoms with Gasteiger partial charge in [0.1, 0.15) is 17.3 Å². The molecule has 1 N–H and O–H groups in total. The fraction of sp³-hybridized carbons (Fsp3) is 0.615. The van der Waals surface area contributed by atoms with Crippen LogP contribution in [-0.2, 0) is 0 Å². The van der Waals surface area contributed by atoms with Gasteiger partial charge in [0.05, 0.1) is 0 Å². The molecule has 0 amide bonds. The minimum atomic E-state index is 0.354. The first-order valence-electron chi connectivity index (χ1n) is 6.61. The average molecular weight is 282 g/mol. The van der Waals surface area contributed by atoms with Crippen molar-refractivity contribution in [2.45, 2.75) is 46.6 Å². The van der Waals surface area contributed by atoms with E-state index in [1.807, 2.05) is 6.92 Å². The van der Waals surface area contributed by atoms with Gasteiger partial charge in [-0.3, -0.25) is 0 Å². The van der Waals surface area contributed by atoms with Gasteiger partial charge in [-0.25, -0.2) is 0 Å². The maximum Gasteiger partial charge on any atom is 0.255 e. The van der Waals surface area contributed by atoms with Crippen LogP contribution < -0.4 is 5.32 Å². The summed E-state index contributed by atoms with van der Waals surface area (Å²) >= 11 is 6.13. The van der Waals surface area contributed by atoms with E-state index >= 15 is 0 Å². The molecule has 0 radical (unpaired) electrons. The van der Waals surface area contributed by atoms with E-state index < -0.39 is 0 Å². The largest absolute Gasteiger partial charge is 0.367 e. The summed E-state index contributed by atoms with van der Waals surface area (Å²) in [5.41, 5.74) is 0.899. The molecule has 6 heteroatoms. The number of rotatable bonds is 5. The Balaban J connectivity index is 2.23. The molecule has 0 aliphatic carbocycles. The van der Waals surface area contributed by atoms with Crippen LogP contribution in [0.3, 0.4) is 0 Å². The van der Waals surface area contributed by atoms with E-state index in [0.29, 0.717) is 22.9 Å². The normalized spacial score (nSPS) is 13.2. The molecule has 0 aliphatic heterocycles. The van der Waals surface area contributed by atoms with Gasteiger partial charge in [0.15, 0.2) is 0 Å². The van der Waals surface area contributed by atoms with Crippen molar-refractivity contribution in [2.75, 3.05) is 5.32 Å². The van der Waals surface area contributed by atoms with Crippen LogP contribution in [0.4, 0.5) is 5.82 Å². The molecule has 0 aliphatic rings. The first-order chi connectivity index (χ1) is 8.99. The van der Waals surface area contributed by atoms with E-state index in [1.165, 1.54) is 12.7 Å². The molecule has 5 nitrogen and oxygen atoms in total. The third-order valence-electron chi connectivity index (χ3n) is 3.16. The predicted molar refractivity (Wildman–Crippen MR) is 77.7 cm³/mol. The van der Waals surface area contributed by atoms with Crippen LogP contribution in [0, 0.1) is 12.8 Å². The molecule has 2 aromatic rings. The number of nitrogens with zero attached hydrogens (tertiary/aromatic N) is 4. The second-order valence-corrected chi connectivity index (χ2v) is 5.72. The van der Waals surface area contributed by atoms with E-state index in [1.54, 1.807) is 4.52 Å². The highest BCUT2D eigenvalue weighted by atomic mass is 35.5. The van der Waals surface area contributed by atoms with Gasteiger partial charge in [-0.05, 0) is 32.6 Å². The number of halogens is 1. The van der Waals surface area contributed by atoms with Crippen molar-refractivity contribution < 1.29 is 0 Å². The summed E-state index contributed by atoms with van der Waals surface area (Å²) in [4.78, 5) is 8.27. The van der Waals surface area contributed by atoms with Crippen LogP contribution in [0.1, 0.15) is 39.2 Å². The summed E-state index contributed by atoms with van der Waals surface area (Å²) in [6.45, 7) is 8.57. The Hall–Kier alpha value is -1.36. The van der Waals surface area contributed by atoms with Crippen LogP contribution in [0.15, 0.2) is 6.33 Å². The molecule has 0 bridgehead atoms. The SMILES string of the molecule is Cc1c(Cl)nc2ncnn2c1NC(C)CCC(C)C. The highest BCUT2D eigenvalue weighted by Gasteiger charge is 2.14. The van der Waals surface area contributed by atoms with E-state index in [4.69, 9.17) is 11.6 Å². The van der Waals surface area contributed by atoms with Crippen LogP contribution in [0.5, 0.6) is 0 Å². The first kappa shape index (κ1) is 14.1. The number of anilines is 1. The number of hydrogen-bond acceptors (Lipinski definition) is 4. The minimum Gasteiger partial charge on any atom is -0.367 e. The van der Waals surface area contributed by atoms with Gasteiger partial charge in [0, 0.05) is 11.6 Å². The minimum absolute atomic E-state index is 0.354. The second-order valence-electron chi connectivity index (χ2n) is 5.36. The van der Waals surface area contributed by atoms with Crippen LogP contribution in [-0.4, -0.2) is 25.6 Å². The highest BCUT2D eigenvalue weighted by Crippen LogP contribution is 2.23. The van der Waals surface area contributed by atoms with Crippen molar-refractivity contribution in [1.82, 2.24) is 19.6 Å². The van der Waals surface area contributed by atoms with E-state index in [9.17, 15) is 0 Å². The predicted octanol–water partition coefficient (Wildman–Crippen LogP) is 3.32. The Morgan fingerprint density at radius 3 is 2.74 bits per heavy atom. The maximum absolute atomic E-state index is 6.13. The molecular formula is C13H20ClN5. The smallest absolute Gasteiger partial charge is 0.255 e. The monoisotopic (exact) mass is 281 g/mol. The van der Waals surface area contributed by atoms with Gasteiger partial charge in [-0.1, -0.05) is 25.4 Å². The summed E-state index contributed by atoms with van der Waals surface area (Å²) in [5.74, 6) is 2.11. The Morgan fingerprint density at radius 1 is 1.32 bits per heavy atom. The van der Waals surface area contributed by atoms with Crippen molar-refractivity contribution in [2.24, 2.45) is 5.92 Å². The lowest BCUT2D eigenvalue weighted by Gasteiger charge is -2.18. The summed E-state index contributed by atoms with van der Waals surface area (Å²) in [6, 6.07) is 0.354. The fourth-order valence-corrected chi connectivity index (χ4v) is 2.12. The summed E-state index contributed by atoms with van der Waals surface area (Å²) < 4.78 is 1.70. The molecule has 0 aromatic carbocycles. The summed E-state index contributed by atoms with van der Waals surface area (Å²) in [5, 5.41) is 8.13. The van der Waals surface area contributed by atoms with Crippen molar-refractivity contribution in [3.8, 4) is 0 Å². The zero-order chi connectivity index (χ0) is 14.0. The standard InChI is InChI=1S/C13H20ClN5/c1-8(2)5-6-9(3)17-12-10(4)11(14)18-13-15-7-16-19(12)13/h7-9,17H,5-6H2,1-4H3. The first-order valence-corrected chi connectivity index (χ1v) is 6.99. The Kier molecular flexibility index (Phi) is 4.24. The maximum atomic E-state index is 6.13. The fourth-order valence-electron chi connectivity index (χ4n) is 1.96. The third-order valence-corrected chi connectivity index (χ3v) is 3.53. The molecule has 2 rings (SSSR count). The molecule has 2 aromatic heterocycles. The van der Waals surface area contributed by atoms with Crippen LogP contribution >= 0.6 is 11.6 Å². The average Bonchev–Trinajstić information content (AvgIpc) is 2.80. The van der Waals surface area contributed by atoms with Crippen molar-refractivity contribution in [3.63, 3.8) is 0 Å². The lowest BCUT2D eigenvalue weighted by atomic mass is 10.0. The van der Waals surface area contributed by atoms with Gasteiger partial charge < -0.3 is 5.32 Å². The van der Waals surface area contributed by atoms with Gasteiger partial charge in [-0.2, -0.15) is 19.6 Å². The van der Waals surface area contributed by atoms with Crippen molar-refractivity contribution in [1.29, 1.82) is 0 Å². The molecule has 1 unspecified atom stereocenters. The molecule has 1 atom stereocenters. The molecule has 19 heavy (non-hydrogen) atoms. The summed E-state index contributed by atoms with van der Waals surface area (Å²) in [7, 11) is 0. The zero-order valence-corrected chi connectivity index (χ0v) is 12.6. The third kappa shape index (κ3) is 3.15. The molecule has 2 heterocycles. The Bertz CT molecular complexity index is 563.